The Bertz CT molecular complexity index is 236. The molecule has 3 heteroatoms. The van der Waals surface area contributed by atoms with Crippen molar-refractivity contribution in [1.29, 1.82) is 0 Å². The van der Waals surface area contributed by atoms with E-state index in [-0.39, 0.29) is 0 Å². The van der Waals surface area contributed by atoms with E-state index >= 15 is 0 Å². The average Bonchev–Trinajstić information content (AvgIpc) is 2.25. The zero-order chi connectivity index (χ0) is 10.2. The maximum Gasteiger partial charge on any atom is 0.0270 e. The highest BCUT2D eigenvalue weighted by Crippen LogP contribution is 2.11. The molecule has 1 unspecified atom stereocenters. The van der Waals surface area contributed by atoms with Crippen molar-refractivity contribution >= 4 is 0 Å². The van der Waals surface area contributed by atoms with Gasteiger partial charge in [0.2, 0.25) is 0 Å². The van der Waals surface area contributed by atoms with E-state index in [9.17, 15) is 0 Å². The number of rotatable bonds is 6. The summed E-state index contributed by atoms with van der Waals surface area (Å²) < 4.78 is 0. The van der Waals surface area contributed by atoms with Crippen LogP contribution in [0.2, 0.25) is 0 Å². The molecule has 0 aliphatic rings. The maximum atomic E-state index is 5.41. The van der Waals surface area contributed by atoms with Gasteiger partial charge in [-0.25, -0.2) is 0 Å². The van der Waals surface area contributed by atoms with E-state index < -0.39 is 0 Å². The summed E-state index contributed by atoms with van der Waals surface area (Å²) in [6.07, 6.45) is 4.72. The first-order valence-corrected chi connectivity index (χ1v) is 5.15. The van der Waals surface area contributed by atoms with Gasteiger partial charge in [-0.05, 0) is 43.1 Å². The van der Waals surface area contributed by atoms with E-state index in [0.717, 1.165) is 26.1 Å². The van der Waals surface area contributed by atoms with Crippen molar-refractivity contribution in [3.63, 3.8) is 0 Å². The van der Waals surface area contributed by atoms with Gasteiger partial charge in [0.25, 0.3) is 0 Å². The first-order valence-electron chi connectivity index (χ1n) is 5.15. The Morgan fingerprint density at radius 3 is 2.79 bits per heavy atom. The van der Waals surface area contributed by atoms with Gasteiger partial charge >= 0.3 is 0 Å². The quantitative estimate of drug-likeness (QED) is 0.666. The monoisotopic (exact) mass is 193 g/mol. The Morgan fingerprint density at radius 2 is 2.14 bits per heavy atom. The second kappa shape index (κ2) is 6.51. The van der Waals surface area contributed by atoms with Crippen LogP contribution in [-0.4, -0.2) is 24.6 Å². The molecule has 0 fully saturated rings. The minimum absolute atomic E-state index is 0.538. The zero-order valence-corrected chi connectivity index (χ0v) is 8.74. The lowest BCUT2D eigenvalue weighted by Gasteiger charge is -2.12. The van der Waals surface area contributed by atoms with Gasteiger partial charge in [-0.15, -0.1) is 0 Å². The first-order chi connectivity index (χ1) is 6.84. The molecule has 0 aromatic carbocycles. The third-order valence-corrected chi connectivity index (χ3v) is 2.28. The van der Waals surface area contributed by atoms with E-state index in [1.54, 1.807) is 0 Å². The largest absolute Gasteiger partial charge is 0.330 e. The van der Waals surface area contributed by atoms with Crippen molar-refractivity contribution < 1.29 is 0 Å². The van der Waals surface area contributed by atoms with Crippen molar-refractivity contribution in [2.45, 2.75) is 19.3 Å². The molecule has 78 valence electrons. The highest BCUT2D eigenvalue weighted by molar-refractivity contribution is 5.14. The van der Waals surface area contributed by atoms with Gasteiger partial charge in [0.1, 0.15) is 0 Å². The van der Waals surface area contributed by atoms with Crippen LogP contribution >= 0.6 is 0 Å². The molecule has 3 nitrogen and oxygen atoms in total. The van der Waals surface area contributed by atoms with Gasteiger partial charge in [-0.1, -0.05) is 6.92 Å². The third kappa shape index (κ3) is 3.85. The zero-order valence-electron chi connectivity index (χ0n) is 8.74. The predicted molar refractivity (Wildman–Crippen MR) is 59.2 cm³/mol. The van der Waals surface area contributed by atoms with Crippen LogP contribution in [-0.2, 0) is 0 Å². The predicted octanol–water partition coefficient (Wildman–Crippen LogP) is 1.12. The summed E-state index contributed by atoms with van der Waals surface area (Å²) in [5.41, 5.74) is 6.74. The first kappa shape index (κ1) is 11.1. The van der Waals surface area contributed by atoms with Gasteiger partial charge in [0, 0.05) is 18.9 Å². The number of hydrogen-bond donors (Lipinski definition) is 2. The van der Waals surface area contributed by atoms with Crippen LogP contribution in [0, 0.1) is 0 Å². The fourth-order valence-corrected chi connectivity index (χ4v) is 1.36. The van der Waals surface area contributed by atoms with Gasteiger partial charge in [0.15, 0.2) is 0 Å². The molecule has 1 atom stereocenters. The Hall–Kier alpha value is -0.930. The summed E-state index contributed by atoms with van der Waals surface area (Å²) >= 11 is 0. The lowest BCUT2D eigenvalue weighted by molar-refractivity contribution is 0.599. The van der Waals surface area contributed by atoms with Crippen molar-refractivity contribution in [3.8, 4) is 0 Å². The van der Waals surface area contributed by atoms with E-state index in [1.165, 1.54) is 5.56 Å². The molecule has 1 heterocycles. The summed E-state index contributed by atoms with van der Waals surface area (Å²) in [6, 6.07) is 4.13. The van der Waals surface area contributed by atoms with Crippen LogP contribution < -0.4 is 11.1 Å². The molecule has 1 aromatic heterocycles. The Morgan fingerprint density at radius 1 is 1.43 bits per heavy atom. The molecule has 14 heavy (non-hydrogen) atoms. The average molecular weight is 193 g/mol. The molecule has 0 aliphatic heterocycles. The van der Waals surface area contributed by atoms with Crippen molar-refractivity contribution in [1.82, 2.24) is 10.3 Å². The number of nitrogens with one attached hydrogen (secondary N) is 1. The summed E-state index contributed by atoms with van der Waals surface area (Å²) in [6.45, 7) is 4.98. The number of pyridine rings is 1. The van der Waals surface area contributed by atoms with Gasteiger partial charge in [0.05, 0.1) is 0 Å². The molecule has 3 N–H and O–H groups in total. The topological polar surface area (TPSA) is 50.9 Å². The van der Waals surface area contributed by atoms with E-state index in [2.05, 4.69) is 29.4 Å². The number of hydrogen-bond acceptors (Lipinski definition) is 3. The van der Waals surface area contributed by atoms with Crippen molar-refractivity contribution in [2.24, 2.45) is 5.73 Å². The van der Waals surface area contributed by atoms with Gasteiger partial charge in [-0.3, -0.25) is 4.98 Å². The SMILES string of the molecule is CC(CNCCCN)c1ccncc1. The smallest absolute Gasteiger partial charge is 0.0270 e. The van der Waals surface area contributed by atoms with Crippen LogP contribution in [0.5, 0.6) is 0 Å². The molecule has 0 saturated heterocycles. The summed E-state index contributed by atoms with van der Waals surface area (Å²) in [5.74, 6) is 0.538. The second-order valence-corrected chi connectivity index (χ2v) is 3.53. The minimum atomic E-state index is 0.538. The van der Waals surface area contributed by atoms with E-state index in [0.29, 0.717) is 5.92 Å². The maximum absolute atomic E-state index is 5.41. The van der Waals surface area contributed by atoms with Crippen LogP contribution in [0.15, 0.2) is 24.5 Å². The molecular formula is C11H19N3. The van der Waals surface area contributed by atoms with Crippen LogP contribution in [0.25, 0.3) is 0 Å². The lowest BCUT2D eigenvalue weighted by Crippen LogP contribution is -2.22. The molecule has 0 radical (unpaired) electrons. The highest BCUT2D eigenvalue weighted by Gasteiger charge is 2.03. The third-order valence-electron chi connectivity index (χ3n) is 2.28. The molecule has 0 saturated carbocycles. The Labute approximate surface area is 85.7 Å². The van der Waals surface area contributed by atoms with E-state index in [1.807, 2.05) is 12.4 Å². The molecule has 1 aromatic rings. The van der Waals surface area contributed by atoms with Crippen molar-refractivity contribution in [2.75, 3.05) is 19.6 Å². The fraction of sp³-hybridized carbons (Fsp3) is 0.545. The Balaban J connectivity index is 2.25. The summed E-state index contributed by atoms with van der Waals surface area (Å²) in [7, 11) is 0. The number of aromatic nitrogens is 1. The van der Waals surface area contributed by atoms with Crippen LogP contribution in [0.1, 0.15) is 24.8 Å². The summed E-state index contributed by atoms with van der Waals surface area (Å²) in [5, 5.41) is 3.38. The van der Waals surface area contributed by atoms with Gasteiger partial charge < -0.3 is 11.1 Å². The minimum Gasteiger partial charge on any atom is -0.330 e. The molecule has 1 rings (SSSR count). The fourth-order valence-electron chi connectivity index (χ4n) is 1.36. The molecule has 0 aliphatic carbocycles. The highest BCUT2D eigenvalue weighted by atomic mass is 14.9. The Kier molecular flexibility index (Phi) is 5.19. The lowest BCUT2D eigenvalue weighted by atomic mass is 10.0. The second-order valence-electron chi connectivity index (χ2n) is 3.53. The molecule has 0 spiro atoms. The normalized spacial score (nSPS) is 12.7. The van der Waals surface area contributed by atoms with Crippen LogP contribution in [0.3, 0.4) is 0 Å². The van der Waals surface area contributed by atoms with Gasteiger partial charge in [-0.2, -0.15) is 0 Å². The molecular weight excluding hydrogens is 174 g/mol. The number of nitrogens with zero attached hydrogens (tertiary/aromatic N) is 1. The van der Waals surface area contributed by atoms with E-state index in [4.69, 9.17) is 5.73 Å². The van der Waals surface area contributed by atoms with Crippen molar-refractivity contribution in [3.05, 3.63) is 30.1 Å². The number of nitrogens with two attached hydrogens (primary N) is 1. The summed E-state index contributed by atoms with van der Waals surface area (Å²) in [4.78, 5) is 4.00. The van der Waals surface area contributed by atoms with Crippen LogP contribution in [0.4, 0.5) is 0 Å². The molecule has 0 bridgehead atoms. The molecule has 0 amide bonds. The standard InChI is InChI=1S/C11H19N3/c1-10(9-14-6-2-5-12)11-3-7-13-8-4-11/h3-4,7-8,10,14H,2,5-6,9,12H2,1H3.